The van der Waals surface area contributed by atoms with Gasteiger partial charge in [-0.15, -0.1) is 0 Å². The highest BCUT2D eigenvalue weighted by Gasteiger charge is 2.18. The lowest BCUT2D eigenvalue weighted by atomic mass is 10.1. The van der Waals surface area contributed by atoms with Crippen molar-refractivity contribution in [1.82, 2.24) is 9.78 Å². The highest BCUT2D eigenvalue weighted by molar-refractivity contribution is 7.12. The highest BCUT2D eigenvalue weighted by atomic mass is 32.1. The van der Waals surface area contributed by atoms with Crippen molar-refractivity contribution >= 4 is 17.2 Å². The molecule has 3 rings (SSSR count). The second kappa shape index (κ2) is 7.85. The van der Waals surface area contributed by atoms with E-state index < -0.39 is 0 Å². The van der Waals surface area contributed by atoms with Crippen LogP contribution >= 0.6 is 11.3 Å². The van der Waals surface area contributed by atoms with Gasteiger partial charge in [-0.25, -0.2) is 0 Å². The largest absolute Gasteiger partial charge is 0.493 e. The van der Waals surface area contributed by atoms with E-state index in [4.69, 9.17) is 25.0 Å². The summed E-state index contributed by atoms with van der Waals surface area (Å²) in [4.78, 5) is 0.159. The molecule has 0 aliphatic rings. The quantitative estimate of drug-likeness (QED) is 0.507. The van der Waals surface area contributed by atoms with Gasteiger partial charge in [0.05, 0.1) is 21.3 Å². The predicted molar refractivity (Wildman–Crippen MR) is 109 cm³/mol. The van der Waals surface area contributed by atoms with E-state index in [0.29, 0.717) is 27.8 Å². The fourth-order valence-electron chi connectivity index (χ4n) is 2.77. The van der Waals surface area contributed by atoms with Crippen LogP contribution in [0.15, 0.2) is 30.3 Å². The molecule has 0 aliphatic carbocycles. The number of aryl methyl sites for hydroxylation is 2. The molecule has 0 aliphatic heterocycles. The monoisotopic (exact) mass is 398 g/mol. The van der Waals surface area contributed by atoms with E-state index in [1.807, 2.05) is 25.1 Å². The Balaban J connectivity index is 2.05. The van der Waals surface area contributed by atoms with Gasteiger partial charge in [0.15, 0.2) is 17.3 Å². The van der Waals surface area contributed by atoms with Crippen LogP contribution in [0, 0.1) is 24.7 Å². The summed E-state index contributed by atoms with van der Waals surface area (Å²) >= 11 is 1.22. The van der Waals surface area contributed by atoms with Gasteiger partial charge in [-0.3, -0.25) is 10.8 Å². The minimum absolute atomic E-state index is 0.0515. The molecule has 3 aromatic rings. The fourth-order valence-corrected chi connectivity index (χ4v) is 3.54. The van der Waals surface area contributed by atoms with Gasteiger partial charge in [-0.2, -0.15) is 9.78 Å². The molecule has 0 atom stereocenters. The predicted octanol–water partition coefficient (Wildman–Crippen LogP) is 3.61. The Labute approximate surface area is 167 Å². The molecule has 146 valence electrons. The zero-order chi connectivity index (χ0) is 20.4. The lowest BCUT2D eigenvalue weighted by Crippen LogP contribution is -2.24. The third-order valence-electron chi connectivity index (χ3n) is 4.48. The van der Waals surface area contributed by atoms with Crippen molar-refractivity contribution in [3.8, 4) is 27.8 Å². The van der Waals surface area contributed by atoms with Crippen LogP contribution in [0.3, 0.4) is 0 Å². The van der Waals surface area contributed by atoms with Gasteiger partial charge in [0.25, 0.3) is 0 Å². The standard InChI is InChI=1S/C20H22N4O3S/c1-11-6-7-13(8-12(11)2)19-23-24(20(22)28-19)18(21)14-9-15(25-3)17(27-5)16(10-14)26-4/h6-10,21-22H,1-5H3. The summed E-state index contributed by atoms with van der Waals surface area (Å²) < 4.78 is 17.3. The van der Waals surface area contributed by atoms with E-state index >= 15 is 0 Å². The fraction of sp³-hybridized carbons (Fsp3) is 0.250. The van der Waals surface area contributed by atoms with E-state index in [1.165, 1.54) is 42.9 Å². The van der Waals surface area contributed by atoms with Gasteiger partial charge in [-0.1, -0.05) is 23.5 Å². The summed E-state index contributed by atoms with van der Waals surface area (Å²) in [6, 6.07) is 9.40. The maximum absolute atomic E-state index is 8.57. The first-order valence-electron chi connectivity index (χ1n) is 8.51. The first kappa shape index (κ1) is 19.6. The normalized spacial score (nSPS) is 10.6. The van der Waals surface area contributed by atoms with Gasteiger partial charge in [0, 0.05) is 11.1 Å². The summed E-state index contributed by atoms with van der Waals surface area (Å²) in [5, 5.41) is 22.0. The van der Waals surface area contributed by atoms with Gasteiger partial charge in [-0.05, 0) is 43.2 Å². The van der Waals surface area contributed by atoms with Crippen molar-refractivity contribution in [3.63, 3.8) is 0 Å². The molecule has 0 unspecified atom stereocenters. The first-order valence-corrected chi connectivity index (χ1v) is 9.33. The Morgan fingerprint density at radius 1 is 0.964 bits per heavy atom. The Morgan fingerprint density at radius 2 is 1.61 bits per heavy atom. The van der Waals surface area contributed by atoms with Crippen molar-refractivity contribution < 1.29 is 14.2 Å². The lowest BCUT2D eigenvalue weighted by Gasteiger charge is -2.14. The van der Waals surface area contributed by atoms with E-state index in [9.17, 15) is 0 Å². The minimum Gasteiger partial charge on any atom is -0.493 e. The Hall–Kier alpha value is -3.13. The third kappa shape index (κ3) is 3.50. The number of aromatic nitrogens is 2. The molecule has 1 heterocycles. The average Bonchev–Trinajstić information content (AvgIpc) is 3.09. The van der Waals surface area contributed by atoms with Crippen molar-refractivity contribution in [2.75, 3.05) is 21.3 Å². The van der Waals surface area contributed by atoms with Gasteiger partial charge < -0.3 is 14.2 Å². The molecule has 0 spiro atoms. The maximum Gasteiger partial charge on any atom is 0.206 e. The van der Waals surface area contributed by atoms with E-state index in [1.54, 1.807) is 12.1 Å². The SMILES string of the molecule is COc1cc(C(=N)n2nc(-c3ccc(C)c(C)c3)sc2=N)cc(OC)c1OC. The van der Waals surface area contributed by atoms with Crippen LogP contribution in [0.4, 0.5) is 0 Å². The maximum atomic E-state index is 8.57. The van der Waals surface area contributed by atoms with Crippen LogP contribution < -0.4 is 19.0 Å². The van der Waals surface area contributed by atoms with Gasteiger partial charge in [0.1, 0.15) is 5.01 Å². The second-order valence-corrected chi connectivity index (χ2v) is 7.16. The van der Waals surface area contributed by atoms with Crippen molar-refractivity contribution in [3.05, 3.63) is 51.8 Å². The Morgan fingerprint density at radius 3 is 2.14 bits per heavy atom. The van der Waals surface area contributed by atoms with Gasteiger partial charge >= 0.3 is 0 Å². The summed E-state index contributed by atoms with van der Waals surface area (Å²) in [6.45, 7) is 4.09. The zero-order valence-corrected chi connectivity index (χ0v) is 17.2. The number of nitrogens with zero attached hydrogens (tertiary/aromatic N) is 2. The zero-order valence-electron chi connectivity index (χ0n) is 16.4. The molecule has 0 bridgehead atoms. The molecule has 0 fully saturated rings. The van der Waals surface area contributed by atoms with Crippen LogP contribution in [-0.4, -0.2) is 36.9 Å². The second-order valence-electron chi connectivity index (χ2n) is 6.19. The van der Waals surface area contributed by atoms with E-state index in [2.05, 4.69) is 12.0 Å². The molecule has 28 heavy (non-hydrogen) atoms. The summed E-state index contributed by atoms with van der Waals surface area (Å²) in [6.07, 6.45) is 0. The van der Waals surface area contributed by atoms with E-state index in [0.717, 1.165) is 11.1 Å². The molecule has 8 heteroatoms. The molecule has 2 N–H and O–H groups in total. The smallest absolute Gasteiger partial charge is 0.206 e. The van der Waals surface area contributed by atoms with Crippen molar-refractivity contribution in [1.29, 1.82) is 10.8 Å². The molecule has 2 aromatic carbocycles. The summed E-state index contributed by atoms with van der Waals surface area (Å²) in [7, 11) is 4.57. The van der Waals surface area contributed by atoms with Gasteiger partial charge in [0.2, 0.25) is 10.6 Å². The molecule has 7 nitrogen and oxygen atoms in total. The third-order valence-corrected chi connectivity index (χ3v) is 5.36. The van der Waals surface area contributed by atoms with Crippen molar-refractivity contribution in [2.45, 2.75) is 13.8 Å². The molecular formula is C20H22N4O3S. The molecular weight excluding hydrogens is 376 g/mol. The molecule has 0 radical (unpaired) electrons. The van der Waals surface area contributed by atoms with Crippen LogP contribution in [0.25, 0.3) is 10.6 Å². The number of rotatable bonds is 5. The number of ether oxygens (including phenoxy) is 3. The Bertz CT molecular complexity index is 1080. The lowest BCUT2D eigenvalue weighted by molar-refractivity contribution is 0.324. The molecule has 1 aromatic heterocycles. The number of nitrogens with one attached hydrogen (secondary N) is 2. The number of methoxy groups -OCH3 is 3. The molecule has 0 saturated heterocycles. The van der Waals surface area contributed by atoms with Crippen LogP contribution in [-0.2, 0) is 0 Å². The Kier molecular flexibility index (Phi) is 5.51. The van der Waals surface area contributed by atoms with Crippen LogP contribution in [0.2, 0.25) is 0 Å². The molecule has 0 amide bonds. The molecule has 0 saturated carbocycles. The number of benzene rings is 2. The van der Waals surface area contributed by atoms with Crippen molar-refractivity contribution in [2.24, 2.45) is 0 Å². The number of hydrogen-bond donors (Lipinski definition) is 2. The topological polar surface area (TPSA) is 93.2 Å². The van der Waals surface area contributed by atoms with Crippen LogP contribution in [0.1, 0.15) is 16.7 Å². The highest BCUT2D eigenvalue weighted by Crippen LogP contribution is 2.38. The summed E-state index contributed by atoms with van der Waals surface area (Å²) in [5.74, 6) is 1.39. The summed E-state index contributed by atoms with van der Waals surface area (Å²) in [5.41, 5.74) is 3.79. The average molecular weight is 398 g/mol. The number of hydrogen-bond acceptors (Lipinski definition) is 7. The first-order chi connectivity index (χ1) is 13.4. The van der Waals surface area contributed by atoms with Crippen LogP contribution in [0.5, 0.6) is 17.2 Å². The minimum atomic E-state index is 0.0515. The van der Waals surface area contributed by atoms with E-state index in [-0.39, 0.29) is 10.6 Å².